The smallest absolute Gasteiger partial charge is 0.412 e. The maximum atomic E-state index is 13.1. The summed E-state index contributed by atoms with van der Waals surface area (Å²) >= 11 is 6.01. The molecule has 0 saturated carbocycles. The summed E-state index contributed by atoms with van der Waals surface area (Å²) in [6.45, 7) is 11.7. The number of nitrogens with one attached hydrogen (secondary N) is 1. The number of nitrogens with zero attached hydrogens (tertiary/aromatic N) is 1. The Hall–Kier alpha value is -1.46. The highest BCUT2D eigenvalue weighted by Gasteiger charge is 2.66. The summed E-state index contributed by atoms with van der Waals surface area (Å²) in [6.07, 6.45) is 11.4. The molecule has 4 rings (SSSR count). The van der Waals surface area contributed by atoms with Gasteiger partial charge in [-0.1, -0.05) is 83.2 Å². The van der Waals surface area contributed by atoms with Crippen molar-refractivity contribution < 1.29 is 33.2 Å². The minimum atomic E-state index is -1.17. The van der Waals surface area contributed by atoms with Crippen LogP contribution in [0.5, 0.6) is 0 Å². The van der Waals surface area contributed by atoms with Gasteiger partial charge in [-0.15, -0.1) is 0 Å². The van der Waals surface area contributed by atoms with Crippen molar-refractivity contribution in [2.24, 2.45) is 0 Å². The van der Waals surface area contributed by atoms with Gasteiger partial charge in [-0.25, -0.2) is 4.79 Å². The van der Waals surface area contributed by atoms with Crippen LogP contribution in [0.15, 0.2) is 24.3 Å². The second-order valence-corrected chi connectivity index (χ2v) is 13.3. The molecular weight excluding hydrogens is 584 g/mol. The molecule has 3 saturated heterocycles. The molecule has 1 aromatic carbocycles. The minimum absolute atomic E-state index is 0.169. The molecule has 0 bridgehead atoms. The molecule has 0 radical (unpaired) electrons. The van der Waals surface area contributed by atoms with Crippen LogP contribution < -0.4 is 5.32 Å². The Morgan fingerprint density at radius 2 is 1.68 bits per heavy atom. The molecule has 0 aromatic heterocycles. The lowest BCUT2D eigenvalue weighted by molar-refractivity contribution is -0.279. The van der Waals surface area contributed by atoms with E-state index in [2.05, 4.69) is 24.1 Å². The first-order chi connectivity index (χ1) is 21.2. The number of anilines is 1. The van der Waals surface area contributed by atoms with Crippen LogP contribution in [0.4, 0.5) is 10.5 Å². The Bertz CT molecular complexity index is 996. The first-order valence-electron chi connectivity index (χ1n) is 16.9. The number of carbonyl (C=O) groups is 1. The van der Waals surface area contributed by atoms with E-state index in [0.717, 1.165) is 32.4 Å². The number of hydrogen-bond donors (Lipinski definition) is 1. The Kier molecular flexibility index (Phi) is 14.0. The molecule has 0 aliphatic carbocycles. The largest absolute Gasteiger partial charge is 0.440 e. The van der Waals surface area contributed by atoms with E-state index < -0.39 is 36.0 Å². The van der Waals surface area contributed by atoms with Gasteiger partial charge in [0, 0.05) is 37.0 Å². The molecule has 1 N–H and O–H groups in total. The Morgan fingerprint density at radius 3 is 2.36 bits per heavy atom. The zero-order valence-corrected chi connectivity index (χ0v) is 28.1. The number of amides is 1. The van der Waals surface area contributed by atoms with Gasteiger partial charge in [-0.2, -0.15) is 0 Å². The van der Waals surface area contributed by atoms with Crippen LogP contribution in [-0.2, 0) is 28.4 Å². The monoisotopic (exact) mass is 638 g/mol. The van der Waals surface area contributed by atoms with Crippen LogP contribution in [0.25, 0.3) is 0 Å². The summed E-state index contributed by atoms with van der Waals surface area (Å²) in [5, 5.41) is 3.39. The van der Waals surface area contributed by atoms with E-state index in [4.69, 9.17) is 40.0 Å². The predicted molar refractivity (Wildman–Crippen MR) is 172 cm³/mol. The average Bonchev–Trinajstić information content (AvgIpc) is 3.40. The van der Waals surface area contributed by atoms with Crippen molar-refractivity contribution in [3.8, 4) is 0 Å². The molecule has 1 amide bonds. The number of halogens is 1. The quantitative estimate of drug-likeness (QED) is 0.165. The number of morpholine rings is 1. The van der Waals surface area contributed by atoms with Crippen molar-refractivity contribution in [3.63, 3.8) is 0 Å². The van der Waals surface area contributed by atoms with Crippen molar-refractivity contribution in [1.82, 2.24) is 4.90 Å². The number of fused-ring (bicyclic) bond motifs is 1. The predicted octanol–water partition coefficient (Wildman–Crippen LogP) is 7.55. The second-order valence-electron chi connectivity index (χ2n) is 12.9. The van der Waals surface area contributed by atoms with Gasteiger partial charge in [0.2, 0.25) is 5.79 Å². The van der Waals surface area contributed by atoms with Gasteiger partial charge in [-0.05, 0) is 51.0 Å². The standard InChI is InChI=1S/C34H55ClN2O7/c1-5-7-8-9-10-11-12-13-14-15-21-39-25-34-31(43-33(3,4)44-34)30(41-32(38)36-27-18-16-26(35)17-19-27)29(42-34)24-37-20-22-40-28(6-2)23-37/h16-19,28-31H,5-15,20-25H2,1-4H3,(H,36,38)/t28?,29-,30+,31-,34-/m0/s1. The van der Waals surface area contributed by atoms with Gasteiger partial charge in [0.25, 0.3) is 0 Å². The van der Waals surface area contributed by atoms with Crippen molar-refractivity contribution in [1.29, 1.82) is 0 Å². The first kappa shape index (κ1) is 35.4. The lowest BCUT2D eigenvalue weighted by Gasteiger charge is -2.35. The fourth-order valence-electron chi connectivity index (χ4n) is 6.40. The molecule has 44 heavy (non-hydrogen) atoms. The summed E-state index contributed by atoms with van der Waals surface area (Å²) < 4.78 is 37.6. The van der Waals surface area contributed by atoms with Crippen LogP contribution in [0.1, 0.15) is 98.3 Å². The molecule has 1 aromatic rings. The number of ether oxygens (including phenoxy) is 6. The van der Waals surface area contributed by atoms with Crippen LogP contribution in [0.2, 0.25) is 5.02 Å². The first-order valence-corrected chi connectivity index (χ1v) is 17.3. The molecule has 3 heterocycles. The Labute approximate surface area is 269 Å². The van der Waals surface area contributed by atoms with Gasteiger partial charge in [0.15, 0.2) is 18.0 Å². The van der Waals surface area contributed by atoms with E-state index in [-0.39, 0.29) is 12.7 Å². The van der Waals surface area contributed by atoms with Crippen LogP contribution in [0.3, 0.4) is 0 Å². The molecule has 10 heteroatoms. The highest BCUT2D eigenvalue weighted by molar-refractivity contribution is 6.30. The molecule has 3 aliphatic heterocycles. The summed E-state index contributed by atoms with van der Waals surface area (Å²) in [4.78, 5) is 15.4. The van der Waals surface area contributed by atoms with Gasteiger partial charge < -0.3 is 28.4 Å². The fraction of sp³-hybridized carbons (Fsp3) is 0.794. The Morgan fingerprint density at radius 1 is 1.00 bits per heavy atom. The number of hydrogen-bond acceptors (Lipinski definition) is 8. The van der Waals surface area contributed by atoms with E-state index in [9.17, 15) is 4.79 Å². The van der Waals surface area contributed by atoms with Gasteiger partial charge in [0.05, 0.1) is 12.7 Å². The summed E-state index contributed by atoms with van der Waals surface area (Å²) in [5.41, 5.74) is 0.587. The van der Waals surface area contributed by atoms with E-state index >= 15 is 0 Å². The fourth-order valence-corrected chi connectivity index (χ4v) is 6.53. The normalized spacial score (nSPS) is 28.2. The lowest BCUT2D eigenvalue weighted by atomic mass is 10.0. The van der Waals surface area contributed by atoms with Crippen molar-refractivity contribution >= 4 is 23.4 Å². The number of rotatable bonds is 18. The minimum Gasteiger partial charge on any atom is -0.440 e. The molecular formula is C34H55ClN2O7. The Balaban J connectivity index is 1.34. The third-order valence-electron chi connectivity index (χ3n) is 8.67. The molecule has 1 unspecified atom stereocenters. The lowest BCUT2D eigenvalue weighted by Crippen LogP contribution is -2.49. The number of unbranched alkanes of at least 4 members (excludes halogenated alkanes) is 9. The van der Waals surface area contributed by atoms with Crippen LogP contribution in [0, 0.1) is 0 Å². The van der Waals surface area contributed by atoms with E-state index in [1.54, 1.807) is 24.3 Å². The van der Waals surface area contributed by atoms with Crippen molar-refractivity contribution in [2.45, 2.75) is 134 Å². The zero-order chi connectivity index (χ0) is 31.4. The number of benzene rings is 1. The van der Waals surface area contributed by atoms with Crippen LogP contribution in [-0.4, -0.2) is 86.4 Å². The molecule has 0 spiro atoms. The summed E-state index contributed by atoms with van der Waals surface area (Å²) in [6, 6.07) is 6.90. The highest BCUT2D eigenvalue weighted by Crippen LogP contribution is 2.47. The van der Waals surface area contributed by atoms with Gasteiger partial charge >= 0.3 is 6.09 Å². The topological polar surface area (TPSA) is 87.7 Å². The van der Waals surface area contributed by atoms with Gasteiger partial charge in [0.1, 0.15) is 12.7 Å². The van der Waals surface area contributed by atoms with Gasteiger partial charge in [-0.3, -0.25) is 10.2 Å². The summed E-state index contributed by atoms with van der Waals surface area (Å²) in [7, 11) is 0. The SMILES string of the molecule is CCCCCCCCCCCCOC[C@@]12O[C@@H](CN3CCOC(CC)C3)[C@@H](OC(=O)Nc3ccc(Cl)cc3)[C@@H]1OC(C)(C)O2. The number of carbonyl (C=O) groups excluding carboxylic acids is 1. The third kappa shape index (κ3) is 10.5. The maximum Gasteiger partial charge on any atom is 0.412 e. The van der Waals surface area contributed by atoms with E-state index in [1.807, 2.05) is 13.8 Å². The molecule has 250 valence electrons. The van der Waals surface area contributed by atoms with Crippen molar-refractivity contribution in [2.75, 3.05) is 44.8 Å². The molecule has 3 aliphatic rings. The average molecular weight is 639 g/mol. The summed E-state index contributed by atoms with van der Waals surface area (Å²) in [5.74, 6) is -2.09. The molecule has 9 nitrogen and oxygen atoms in total. The molecule has 5 atom stereocenters. The maximum absolute atomic E-state index is 13.1. The van der Waals surface area contributed by atoms with E-state index in [0.29, 0.717) is 30.5 Å². The second kappa shape index (κ2) is 17.5. The van der Waals surface area contributed by atoms with Crippen molar-refractivity contribution in [3.05, 3.63) is 29.3 Å². The van der Waals surface area contributed by atoms with E-state index in [1.165, 1.54) is 51.4 Å². The van der Waals surface area contributed by atoms with Crippen LogP contribution >= 0.6 is 11.6 Å². The molecule has 3 fully saturated rings. The zero-order valence-electron chi connectivity index (χ0n) is 27.3. The third-order valence-corrected chi connectivity index (χ3v) is 8.93. The highest BCUT2D eigenvalue weighted by atomic mass is 35.5.